The fourth-order valence-electron chi connectivity index (χ4n) is 2.21. The Balaban J connectivity index is 1.79. The average molecular weight is 349 g/mol. The molecule has 3 nitrogen and oxygen atoms in total. The predicted molar refractivity (Wildman–Crippen MR) is 87.1 cm³/mol. The number of amides is 1. The molecule has 1 aliphatic rings. The first-order valence-electron chi connectivity index (χ1n) is 6.23. The highest BCUT2D eigenvalue weighted by atomic mass is 79.9. The van der Waals surface area contributed by atoms with Crippen LogP contribution >= 0.6 is 27.7 Å². The van der Waals surface area contributed by atoms with Crippen LogP contribution in [0, 0.1) is 0 Å². The van der Waals surface area contributed by atoms with E-state index in [-0.39, 0.29) is 11.8 Å². The fraction of sp³-hybridized carbons (Fsp3) is 0.133. The minimum atomic E-state index is -0.0903. The molecular weight excluding hydrogens is 336 g/mol. The van der Waals surface area contributed by atoms with E-state index in [4.69, 9.17) is 5.73 Å². The maximum Gasteiger partial charge on any atom is 0.232 e. The number of nitrogens with one attached hydrogen (secondary N) is 1. The van der Waals surface area contributed by atoms with Gasteiger partial charge in [0.05, 0.1) is 5.92 Å². The first-order chi connectivity index (χ1) is 9.65. The number of carbonyl (C=O) groups is 1. The molecule has 0 spiro atoms. The van der Waals surface area contributed by atoms with Gasteiger partial charge in [0.25, 0.3) is 0 Å². The third-order valence-corrected chi connectivity index (χ3v) is 5.15. The molecule has 1 amide bonds. The van der Waals surface area contributed by atoms with Gasteiger partial charge in [0.1, 0.15) is 0 Å². The van der Waals surface area contributed by atoms with Crippen LogP contribution in [-0.4, -0.2) is 11.7 Å². The Labute approximate surface area is 130 Å². The molecule has 0 radical (unpaired) electrons. The molecule has 3 N–H and O–H groups in total. The van der Waals surface area contributed by atoms with Crippen LogP contribution in [0.1, 0.15) is 11.5 Å². The van der Waals surface area contributed by atoms with Crippen LogP contribution in [0.3, 0.4) is 0 Å². The lowest BCUT2D eigenvalue weighted by atomic mass is 10.0. The van der Waals surface area contributed by atoms with E-state index in [1.165, 1.54) is 4.90 Å². The van der Waals surface area contributed by atoms with E-state index >= 15 is 0 Å². The van der Waals surface area contributed by atoms with Crippen LogP contribution in [0.15, 0.2) is 51.8 Å². The third-order valence-electron chi connectivity index (χ3n) is 3.28. The summed E-state index contributed by atoms with van der Waals surface area (Å²) in [5.74, 6) is 0.730. The minimum absolute atomic E-state index is 0.0270. The van der Waals surface area contributed by atoms with E-state index in [1.54, 1.807) is 17.8 Å². The molecule has 20 heavy (non-hydrogen) atoms. The summed E-state index contributed by atoms with van der Waals surface area (Å²) in [5.41, 5.74) is 8.27. The SMILES string of the molecule is Nc1ccc(NC(=O)C2CSc3ccccc32)cc1Br. The molecule has 5 heteroatoms. The molecule has 0 bridgehead atoms. The zero-order chi connectivity index (χ0) is 14.1. The minimum Gasteiger partial charge on any atom is -0.398 e. The van der Waals surface area contributed by atoms with Gasteiger partial charge >= 0.3 is 0 Å². The van der Waals surface area contributed by atoms with Gasteiger partial charge in [0, 0.05) is 26.5 Å². The first kappa shape index (κ1) is 13.5. The maximum atomic E-state index is 12.4. The van der Waals surface area contributed by atoms with Gasteiger partial charge in [-0.2, -0.15) is 0 Å². The van der Waals surface area contributed by atoms with E-state index in [1.807, 2.05) is 30.3 Å². The Hall–Kier alpha value is -1.46. The Bertz CT molecular complexity index is 675. The normalized spacial score (nSPS) is 16.8. The Morgan fingerprint density at radius 3 is 2.90 bits per heavy atom. The molecular formula is C15H13BrN2OS. The van der Waals surface area contributed by atoms with E-state index in [0.29, 0.717) is 5.69 Å². The molecule has 1 aliphatic heterocycles. The lowest BCUT2D eigenvalue weighted by molar-refractivity contribution is -0.117. The molecule has 1 heterocycles. The quantitative estimate of drug-likeness (QED) is 0.810. The van der Waals surface area contributed by atoms with Gasteiger partial charge in [0.15, 0.2) is 0 Å². The summed E-state index contributed by atoms with van der Waals surface area (Å²) >= 11 is 5.10. The molecule has 1 atom stereocenters. The van der Waals surface area contributed by atoms with Crippen molar-refractivity contribution < 1.29 is 4.79 Å². The summed E-state index contributed by atoms with van der Waals surface area (Å²) in [7, 11) is 0. The van der Waals surface area contributed by atoms with Crippen molar-refractivity contribution in [3.63, 3.8) is 0 Å². The number of hydrogen-bond donors (Lipinski definition) is 2. The number of nitrogen functional groups attached to an aromatic ring is 1. The highest BCUT2D eigenvalue weighted by Gasteiger charge is 2.28. The van der Waals surface area contributed by atoms with Gasteiger partial charge in [-0.1, -0.05) is 18.2 Å². The van der Waals surface area contributed by atoms with Crippen molar-refractivity contribution in [3.8, 4) is 0 Å². The second-order valence-corrected chi connectivity index (χ2v) is 6.54. The average Bonchev–Trinajstić information content (AvgIpc) is 2.87. The summed E-state index contributed by atoms with van der Waals surface area (Å²) < 4.78 is 0.788. The molecule has 0 saturated heterocycles. The van der Waals surface area contributed by atoms with Crippen LogP contribution in [-0.2, 0) is 4.79 Å². The van der Waals surface area contributed by atoms with Crippen molar-refractivity contribution in [3.05, 3.63) is 52.5 Å². The largest absolute Gasteiger partial charge is 0.398 e. The topological polar surface area (TPSA) is 55.1 Å². The number of benzene rings is 2. The number of carbonyl (C=O) groups excluding carboxylic acids is 1. The van der Waals surface area contributed by atoms with Crippen LogP contribution in [0.25, 0.3) is 0 Å². The number of fused-ring (bicyclic) bond motifs is 1. The van der Waals surface area contributed by atoms with Crippen LogP contribution < -0.4 is 11.1 Å². The van der Waals surface area contributed by atoms with Gasteiger partial charge in [-0.05, 0) is 45.8 Å². The lowest BCUT2D eigenvalue weighted by Crippen LogP contribution is -2.21. The number of anilines is 2. The van der Waals surface area contributed by atoms with Gasteiger partial charge in [-0.3, -0.25) is 4.79 Å². The number of thioether (sulfide) groups is 1. The van der Waals surface area contributed by atoms with Crippen molar-refractivity contribution in [2.24, 2.45) is 0 Å². The van der Waals surface area contributed by atoms with E-state index in [2.05, 4.69) is 27.3 Å². The Morgan fingerprint density at radius 2 is 2.10 bits per heavy atom. The van der Waals surface area contributed by atoms with Crippen LogP contribution in [0.5, 0.6) is 0 Å². The number of rotatable bonds is 2. The van der Waals surface area contributed by atoms with Crippen molar-refractivity contribution in [1.82, 2.24) is 0 Å². The number of halogens is 1. The molecule has 2 aromatic rings. The van der Waals surface area contributed by atoms with Crippen LogP contribution in [0.4, 0.5) is 11.4 Å². The van der Waals surface area contributed by atoms with Gasteiger partial charge in [-0.25, -0.2) is 0 Å². The van der Waals surface area contributed by atoms with E-state index in [9.17, 15) is 4.79 Å². The number of hydrogen-bond acceptors (Lipinski definition) is 3. The second kappa shape index (κ2) is 5.50. The van der Waals surface area contributed by atoms with Crippen molar-refractivity contribution >= 4 is 45.0 Å². The van der Waals surface area contributed by atoms with Crippen molar-refractivity contribution in [2.45, 2.75) is 10.8 Å². The maximum absolute atomic E-state index is 12.4. The summed E-state index contributed by atoms with van der Waals surface area (Å²) in [5, 5.41) is 2.95. The molecule has 0 aliphatic carbocycles. The summed E-state index contributed by atoms with van der Waals surface area (Å²) in [6.07, 6.45) is 0. The zero-order valence-electron chi connectivity index (χ0n) is 10.6. The molecule has 0 aromatic heterocycles. The standard InChI is InChI=1S/C15H13BrN2OS/c16-12-7-9(5-6-13(12)17)18-15(19)11-8-20-14-4-2-1-3-10(11)14/h1-7,11H,8,17H2,(H,18,19). The summed E-state index contributed by atoms with van der Waals surface area (Å²) in [6, 6.07) is 13.5. The van der Waals surface area contributed by atoms with Gasteiger partial charge in [-0.15, -0.1) is 11.8 Å². The van der Waals surface area contributed by atoms with Gasteiger partial charge < -0.3 is 11.1 Å². The molecule has 102 valence electrons. The zero-order valence-corrected chi connectivity index (χ0v) is 13.0. The highest BCUT2D eigenvalue weighted by Crippen LogP contribution is 2.39. The molecule has 3 rings (SSSR count). The highest BCUT2D eigenvalue weighted by molar-refractivity contribution is 9.10. The van der Waals surface area contributed by atoms with Crippen molar-refractivity contribution in [2.75, 3.05) is 16.8 Å². The first-order valence-corrected chi connectivity index (χ1v) is 8.00. The molecule has 0 saturated carbocycles. The van der Waals surface area contributed by atoms with Gasteiger partial charge in [0.2, 0.25) is 5.91 Å². The third kappa shape index (κ3) is 2.55. The predicted octanol–water partition coefficient (Wildman–Crippen LogP) is 3.86. The van der Waals surface area contributed by atoms with E-state index in [0.717, 1.165) is 21.5 Å². The molecule has 0 fully saturated rings. The Morgan fingerprint density at radius 1 is 1.30 bits per heavy atom. The fourth-order valence-corrected chi connectivity index (χ4v) is 3.82. The van der Waals surface area contributed by atoms with Crippen LogP contribution in [0.2, 0.25) is 0 Å². The van der Waals surface area contributed by atoms with E-state index < -0.39 is 0 Å². The number of nitrogens with two attached hydrogens (primary N) is 1. The lowest BCUT2D eigenvalue weighted by Gasteiger charge is -2.12. The monoisotopic (exact) mass is 348 g/mol. The summed E-state index contributed by atoms with van der Waals surface area (Å²) in [4.78, 5) is 13.6. The second-order valence-electron chi connectivity index (χ2n) is 4.63. The smallest absolute Gasteiger partial charge is 0.232 e. The molecule has 1 unspecified atom stereocenters. The summed E-state index contributed by atoms with van der Waals surface area (Å²) in [6.45, 7) is 0. The van der Waals surface area contributed by atoms with Crippen molar-refractivity contribution in [1.29, 1.82) is 0 Å². The molecule has 2 aromatic carbocycles. The Kier molecular flexibility index (Phi) is 3.72.